The number of nitrogens with zero attached hydrogens (tertiary/aromatic N) is 2. The van der Waals surface area contributed by atoms with Crippen LogP contribution in [-0.4, -0.2) is 60.6 Å². The molecule has 3 amide bonds. The quantitative estimate of drug-likeness (QED) is 0.292. The molecule has 2 aliphatic heterocycles. The van der Waals surface area contributed by atoms with Gasteiger partial charge in [0, 0.05) is 48.9 Å². The number of fused-ring (bicyclic) bond motifs is 1. The molecule has 2 heterocycles. The summed E-state index contributed by atoms with van der Waals surface area (Å²) in [6, 6.07) is 19.5. The van der Waals surface area contributed by atoms with E-state index in [9.17, 15) is 14.4 Å². The summed E-state index contributed by atoms with van der Waals surface area (Å²) < 4.78 is 6.61. The molecule has 0 aromatic heterocycles. The zero-order valence-corrected chi connectivity index (χ0v) is 26.6. The average molecular weight is 638 g/mol. The van der Waals surface area contributed by atoms with Gasteiger partial charge in [-0.15, -0.1) is 0 Å². The molecule has 0 radical (unpaired) electrons. The highest BCUT2D eigenvalue weighted by Gasteiger charge is 2.40. The van der Waals surface area contributed by atoms with Crippen LogP contribution in [0.4, 0.5) is 11.4 Å². The summed E-state index contributed by atoms with van der Waals surface area (Å²) in [6.45, 7) is 6.50. The fourth-order valence-electron chi connectivity index (χ4n) is 6.06. The minimum Gasteiger partial charge on any atom is -0.354 e. The molecule has 2 aliphatic rings. The number of amides is 3. The summed E-state index contributed by atoms with van der Waals surface area (Å²) in [5, 5.41) is 6.86. The smallest absolute Gasteiger partial charge is 0.260 e. The topological polar surface area (TPSA) is 91.0 Å². The minimum absolute atomic E-state index is 0.0101. The van der Waals surface area contributed by atoms with Gasteiger partial charge < -0.3 is 20.3 Å². The van der Waals surface area contributed by atoms with Crippen molar-refractivity contribution in [3.8, 4) is 0 Å². The van der Waals surface area contributed by atoms with Crippen LogP contribution in [0.3, 0.4) is 0 Å². The predicted octanol–water partition coefficient (Wildman–Crippen LogP) is 6.56. The van der Waals surface area contributed by atoms with Gasteiger partial charge in [-0.25, -0.2) is 0 Å². The second-order valence-corrected chi connectivity index (χ2v) is 12.5. The normalized spacial score (nSPS) is 19.1. The number of rotatable bonds is 8. The number of benzene rings is 3. The van der Waals surface area contributed by atoms with Gasteiger partial charge >= 0.3 is 0 Å². The number of ether oxygens (including phenoxy) is 1. The van der Waals surface area contributed by atoms with Crippen LogP contribution < -0.4 is 15.5 Å². The number of halogens is 2. The largest absolute Gasteiger partial charge is 0.354 e. The third-order valence-corrected chi connectivity index (χ3v) is 8.93. The van der Waals surface area contributed by atoms with Gasteiger partial charge in [0.2, 0.25) is 5.91 Å². The number of piperidine rings is 1. The Balaban J connectivity index is 1.32. The Kier molecular flexibility index (Phi) is 10.3. The van der Waals surface area contributed by atoms with E-state index < -0.39 is 5.72 Å². The number of likely N-dealkylation sites (tertiary alicyclic amines) is 1. The van der Waals surface area contributed by atoms with Crippen LogP contribution >= 0.6 is 23.2 Å². The monoisotopic (exact) mass is 636 g/mol. The Morgan fingerprint density at radius 1 is 1.00 bits per heavy atom. The summed E-state index contributed by atoms with van der Waals surface area (Å²) in [6.07, 6.45) is 4.08. The molecule has 1 fully saturated rings. The molecule has 3 aromatic rings. The minimum atomic E-state index is -0.887. The second-order valence-electron chi connectivity index (χ2n) is 11.6. The number of hydrogen-bond donors (Lipinski definition) is 2. The molecular formula is C34H38Cl2N4O4. The number of anilines is 2. The van der Waals surface area contributed by atoms with Crippen molar-refractivity contribution < 1.29 is 19.1 Å². The maximum atomic E-state index is 14.3. The van der Waals surface area contributed by atoms with Crippen molar-refractivity contribution in [3.05, 3.63) is 93.5 Å². The molecule has 0 spiro atoms. The summed E-state index contributed by atoms with van der Waals surface area (Å²) >= 11 is 12.5. The third-order valence-electron chi connectivity index (χ3n) is 8.37. The van der Waals surface area contributed by atoms with Crippen LogP contribution in [-0.2, 0) is 16.0 Å². The standard InChI is InChI=1S/C34H38Cl2N4O4/c1-23(41)37-28-15-18-39(19-16-28)20-21-44-34(2)17-5-6-25-22-26(35)11-14-31(25)40(34)33(43)24-9-12-27(13-10-24)38-32(42)29-7-3-4-8-30(29)36/h3-4,7-14,22,28H,5-6,15-21H2,1-2H3,(H,37,41)(H,38,42). The molecule has 232 valence electrons. The van der Waals surface area contributed by atoms with Crippen LogP contribution in [0.25, 0.3) is 0 Å². The SMILES string of the molecule is CC(=O)NC1CCN(CCOC2(C)CCCc3cc(Cl)ccc3N2C(=O)c2ccc(NC(=O)c3ccccc3Cl)cc2)CC1. The number of carbonyl (C=O) groups is 3. The molecule has 0 aliphatic carbocycles. The highest BCUT2D eigenvalue weighted by atomic mass is 35.5. The first-order chi connectivity index (χ1) is 21.1. The average Bonchev–Trinajstić information content (AvgIpc) is 3.13. The van der Waals surface area contributed by atoms with Crippen molar-refractivity contribution in [2.75, 3.05) is 36.5 Å². The highest BCUT2D eigenvalue weighted by Crippen LogP contribution is 2.39. The molecule has 0 saturated carbocycles. The molecule has 8 nitrogen and oxygen atoms in total. The lowest BCUT2D eigenvalue weighted by molar-refractivity contribution is -0.120. The summed E-state index contributed by atoms with van der Waals surface area (Å²) in [5.41, 5.74) is 2.29. The lowest BCUT2D eigenvalue weighted by Gasteiger charge is -2.41. The maximum absolute atomic E-state index is 14.3. The van der Waals surface area contributed by atoms with Gasteiger partial charge in [0.15, 0.2) is 0 Å². The molecule has 44 heavy (non-hydrogen) atoms. The van der Waals surface area contributed by atoms with E-state index in [-0.39, 0.29) is 23.8 Å². The molecule has 5 rings (SSSR count). The Morgan fingerprint density at radius 3 is 2.43 bits per heavy atom. The molecular weight excluding hydrogens is 599 g/mol. The van der Waals surface area contributed by atoms with E-state index >= 15 is 0 Å². The zero-order valence-electron chi connectivity index (χ0n) is 25.1. The van der Waals surface area contributed by atoms with Gasteiger partial charge in [-0.05, 0) is 99.2 Å². The van der Waals surface area contributed by atoms with Crippen LogP contribution in [0.5, 0.6) is 0 Å². The second kappa shape index (κ2) is 14.1. The van der Waals surface area contributed by atoms with Crippen LogP contribution in [0.1, 0.15) is 65.8 Å². The van der Waals surface area contributed by atoms with E-state index in [4.69, 9.17) is 27.9 Å². The van der Waals surface area contributed by atoms with Crippen molar-refractivity contribution in [1.29, 1.82) is 0 Å². The summed E-state index contributed by atoms with van der Waals surface area (Å²) in [7, 11) is 0. The van der Waals surface area contributed by atoms with Gasteiger partial charge in [-0.1, -0.05) is 35.3 Å². The van der Waals surface area contributed by atoms with E-state index in [0.717, 1.165) is 56.6 Å². The van der Waals surface area contributed by atoms with Crippen molar-refractivity contribution in [1.82, 2.24) is 10.2 Å². The Hall–Kier alpha value is -3.43. The number of nitrogens with one attached hydrogen (secondary N) is 2. The van der Waals surface area contributed by atoms with Crippen molar-refractivity contribution in [2.24, 2.45) is 0 Å². The van der Waals surface area contributed by atoms with Gasteiger partial charge in [0.25, 0.3) is 11.8 Å². The van der Waals surface area contributed by atoms with Gasteiger partial charge in [-0.3, -0.25) is 19.3 Å². The Labute approximate surface area is 268 Å². The van der Waals surface area contributed by atoms with Crippen molar-refractivity contribution >= 4 is 52.3 Å². The van der Waals surface area contributed by atoms with Crippen molar-refractivity contribution in [2.45, 2.75) is 57.7 Å². The first-order valence-electron chi connectivity index (χ1n) is 15.1. The number of hydrogen-bond acceptors (Lipinski definition) is 5. The molecule has 2 N–H and O–H groups in total. The van der Waals surface area contributed by atoms with Gasteiger partial charge in [-0.2, -0.15) is 0 Å². The van der Waals surface area contributed by atoms with Gasteiger partial charge in [0.05, 0.1) is 22.9 Å². The zero-order chi connectivity index (χ0) is 31.3. The molecule has 10 heteroatoms. The van der Waals surface area contributed by atoms with Crippen LogP contribution in [0.15, 0.2) is 66.7 Å². The van der Waals surface area contributed by atoms with E-state index in [1.165, 1.54) is 0 Å². The third kappa shape index (κ3) is 7.61. The fraction of sp³-hybridized carbons (Fsp3) is 0.382. The van der Waals surface area contributed by atoms with E-state index in [1.807, 2.05) is 19.1 Å². The molecule has 1 unspecified atom stereocenters. The van der Waals surface area contributed by atoms with Crippen LogP contribution in [0, 0.1) is 0 Å². The fourth-order valence-corrected chi connectivity index (χ4v) is 6.48. The number of carbonyl (C=O) groups excluding carboxylic acids is 3. The lowest BCUT2D eigenvalue weighted by atomic mass is 10.0. The predicted molar refractivity (Wildman–Crippen MR) is 175 cm³/mol. The first-order valence-corrected chi connectivity index (χ1v) is 15.8. The molecule has 0 bridgehead atoms. The summed E-state index contributed by atoms with van der Waals surface area (Å²) in [4.78, 5) is 42.5. The van der Waals surface area contributed by atoms with Gasteiger partial charge in [0.1, 0.15) is 5.72 Å². The number of aryl methyl sites for hydroxylation is 1. The lowest BCUT2D eigenvalue weighted by Crippen LogP contribution is -2.53. The Morgan fingerprint density at radius 2 is 1.73 bits per heavy atom. The molecule has 1 atom stereocenters. The van der Waals surface area contributed by atoms with Crippen molar-refractivity contribution in [3.63, 3.8) is 0 Å². The Bertz CT molecular complexity index is 1510. The maximum Gasteiger partial charge on any atom is 0.260 e. The van der Waals surface area contributed by atoms with E-state index in [2.05, 4.69) is 15.5 Å². The summed E-state index contributed by atoms with van der Waals surface area (Å²) in [5.74, 6) is -0.512. The van der Waals surface area contributed by atoms with E-state index in [1.54, 1.807) is 66.4 Å². The highest BCUT2D eigenvalue weighted by molar-refractivity contribution is 6.34. The molecule has 3 aromatic carbocycles. The van der Waals surface area contributed by atoms with Crippen LogP contribution in [0.2, 0.25) is 10.0 Å². The molecule has 1 saturated heterocycles. The van der Waals surface area contributed by atoms with E-state index in [0.29, 0.717) is 39.9 Å². The first kappa shape index (κ1) is 32.0.